The van der Waals surface area contributed by atoms with Crippen LogP contribution in [-0.4, -0.2) is 33.6 Å². The molecule has 0 spiro atoms. The quantitative estimate of drug-likeness (QED) is 0.783. The van der Waals surface area contributed by atoms with Gasteiger partial charge in [0.05, 0.1) is 16.8 Å². The molecule has 26 heavy (non-hydrogen) atoms. The molecule has 9 heteroatoms. The van der Waals surface area contributed by atoms with Gasteiger partial charge >= 0.3 is 0 Å². The molecule has 2 aromatic carbocycles. The number of hydrogen-bond donors (Lipinski definition) is 1. The van der Waals surface area contributed by atoms with Crippen molar-refractivity contribution in [2.75, 3.05) is 16.2 Å². The Bertz CT molecular complexity index is 971. The van der Waals surface area contributed by atoms with Gasteiger partial charge < -0.3 is 4.74 Å². The van der Waals surface area contributed by atoms with Gasteiger partial charge in [-0.05, 0) is 48.4 Å². The maximum atomic E-state index is 12.3. The zero-order chi connectivity index (χ0) is 18.8. The van der Waals surface area contributed by atoms with E-state index in [1.165, 1.54) is 0 Å². The Kier molecular flexibility index (Phi) is 5.45. The highest BCUT2D eigenvalue weighted by Gasteiger charge is 2.37. The lowest BCUT2D eigenvalue weighted by molar-refractivity contribution is 0.306. The number of nitrogens with one attached hydrogen (secondary N) is 1. The van der Waals surface area contributed by atoms with Crippen molar-refractivity contribution in [3.63, 3.8) is 0 Å². The van der Waals surface area contributed by atoms with Gasteiger partial charge in [0.1, 0.15) is 12.4 Å². The maximum absolute atomic E-state index is 12.3. The van der Waals surface area contributed by atoms with Crippen LogP contribution in [-0.2, 0) is 26.5 Å². The third-order valence-electron chi connectivity index (χ3n) is 4.06. The largest absolute Gasteiger partial charge is 0.489 e. The molecule has 1 atom stereocenters. The summed E-state index contributed by atoms with van der Waals surface area (Å²) in [6.07, 6.45) is 0.125. The van der Waals surface area contributed by atoms with Gasteiger partial charge in [-0.2, -0.15) is 0 Å². The average molecular weight is 416 g/mol. The highest BCUT2D eigenvalue weighted by atomic mass is 35.5. The van der Waals surface area contributed by atoms with Crippen molar-refractivity contribution >= 4 is 37.1 Å². The Morgan fingerprint density at radius 3 is 2.31 bits per heavy atom. The molecule has 1 N–H and O–H groups in total. The monoisotopic (exact) mass is 415 g/mol. The number of sulfonamides is 1. The Balaban J connectivity index is 1.59. The molecular formula is C17H18ClNO5S2. The number of benzene rings is 2. The molecule has 3 rings (SSSR count). The molecule has 0 aromatic heterocycles. The van der Waals surface area contributed by atoms with Crippen molar-refractivity contribution < 1.29 is 21.6 Å². The van der Waals surface area contributed by atoms with Crippen LogP contribution < -0.4 is 9.46 Å². The molecule has 1 fully saturated rings. The second-order valence-electron chi connectivity index (χ2n) is 6.11. The Morgan fingerprint density at radius 2 is 1.73 bits per heavy atom. The molecule has 1 aliphatic rings. The van der Waals surface area contributed by atoms with Gasteiger partial charge in [-0.3, -0.25) is 4.72 Å². The Morgan fingerprint density at radius 1 is 1.08 bits per heavy atom. The molecule has 1 heterocycles. The van der Waals surface area contributed by atoms with Crippen LogP contribution in [0.1, 0.15) is 12.0 Å². The standard InChI is InChI=1S/C17H18ClNO5S2/c18-14-3-1-13(2-4-14)11-24-16-7-5-15(6-8-16)19-26(22,23)17-9-10-25(20,21)12-17/h1-8,17,19H,9-12H2/t17-/m1/s1. The van der Waals surface area contributed by atoms with Gasteiger partial charge in [0, 0.05) is 10.7 Å². The molecule has 1 aliphatic heterocycles. The summed E-state index contributed by atoms with van der Waals surface area (Å²) in [5.41, 5.74) is 1.33. The van der Waals surface area contributed by atoms with E-state index in [0.29, 0.717) is 23.1 Å². The summed E-state index contributed by atoms with van der Waals surface area (Å²) in [7, 11) is -7.00. The number of halogens is 1. The van der Waals surface area contributed by atoms with E-state index >= 15 is 0 Å². The molecule has 2 aromatic rings. The van der Waals surface area contributed by atoms with E-state index in [2.05, 4.69) is 4.72 Å². The number of anilines is 1. The van der Waals surface area contributed by atoms with Crippen molar-refractivity contribution in [3.05, 3.63) is 59.1 Å². The topological polar surface area (TPSA) is 89.5 Å². The first-order chi connectivity index (χ1) is 12.2. The smallest absolute Gasteiger partial charge is 0.236 e. The number of sulfone groups is 1. The minimum atomic E-state index is -3.74. The summed E-state index contributed by atoms with van der Waals surface area (Å²) in [6.45, 7) is 0.363. The molecule has 0 radical (unpaired) electrons. The Labute approximate surface area is 158 Å². The summed E-state index contributed by atoms with van der Waals surface area (Å²) < 4.78 is 55.6. The molecule has 0 aliphatic carbocycles. The van der Waals surface area contributed by atoms with E-state index in [9.17, 15) is 16.8 Å². The van der Waals surface area contributed by atoms with Gasteiger partial charge in [-0.25, -0.2) is 16.8 Å². The summed E-state index contributed by atoms with van der Waals surface area (Å²) in [6, 6.07) is 13.7. The zero-order valence-electron chi connectivity index (χ0n) is 13.8. The van der Waals surface area contributed by atoms with Crippen LogP contribution in [0.2, 0.25) is 5.02 Å². The predicted molar refractivity (Wildman–Crippen MR) is 102 cm³/mol. The summed E-state index contributed by atoms with van der Waals surface area (Å²) in [5, 5.41) is -0.256. The molecule has 6 nitrogen and oxygen atoms in total. The van der Waals surface area contributed by atoms with Gasteiger partial charge in [-0.15, -0.1) is 0 Å². The summed E-state index contributed by atoms with van der Waals surface area (Å²) >= 11 is 5.83. The minimum absolute atomic E-state index is 0.0872. The van der Waals surface area contributed by atoms with Crippen LogP contribution >= 0.6 is 11.6 Å². The molecule has 1 saturated heterocycles. The highest BCUT2D eigenvalue weighted by molar-refractivity contribution is 7.97. The fourth-order valence-electron chi connectivity index (χ4n) is 2.62. The van der Waals surface area contributed by atoms with Gasteiger partial charge in [0.25, 0.3) is 0 Å². The summed E-state index contributed by atoms with van der Waals surface area (Å²) in [5.74, 6) is 0.173. The highest BCUT2D eigenvalue weighted by Crippen LogP contribution is 2.23. The SMILES string of the molecule is O=S1(=O)CC[C@@H](S(=O)(=O)Nc2ccc(OCc3ccc(Cl)cc3)cc2)C1. The van der Waals surface area contributed by atoms with Crippen LogP contribution in [0, 0.1) is 0 Å². The van der Waals surface area contributed by atoms with E-state index < -0.39 is 25.1 Å². The number of ether oxygens (including phenoxy) is 1. The molecule has 0 saturated carbocycles. The van der Waals surface area contributed by atoms with Crippen LogP contribution in [0.25, 0.3) is 0 Å². The first-order valence-electron chi connectivity index (χ1n) is 7.93. The average Bonchev–Trinajstić information content (AvgIpc) is 2.96. The van der Waals surface area contributed by atoms with Crippen LogP contribution in [0.4, 0.5) is 5.69 Å². The first kappa shape index (κ1) is 19.0. The first-order valence-corrected chi connectivity index (χ1v) is 11.7. The lowest BCUT2D eigenvalue weighted by atomic mass is 10.2. The van der Waals surface area contributed by atoms with Crippen LogP contribution in [0.3, 0.4) is 0 Å². The number of rotatable bonds is 6. The second-order valence-corrected chi connectivity index (χ2v) is 10.7. The van der Waals surface area contributed by atoms with Gasteiger partial charge in [0.15, 0.2) is 9.84 Å². The van der Waals surface area contributed by atoms with Gasteiger partial charge in [0.2, 0.25) is 10.0 Å². The molecule has 0 amide bonds. The molecule has 0 unspecified atom stereocenters. The maximum Gasteiger partial charge on any atom is 0.236 e. The third-order valence-corrected chi connectivity index (χ3v) is 8.09. The van der Waals surface area contributed by atoms with Crippen molar-refractivity contribution in [2.24, 2.45) is 0 Å². The Hall–Kier alpha value is -1.77. The fourth-order valence-corrected chi connectivity index (χ4v) is 6.84. The molecule has 0 bridgehead atoms. The van der Waals surface area contributed by atoms with Crippen molar-refractivity contribution in [3.8, 4) is 5.75 Å². The fraction of sp³-hybridized carbons (Fsp3) is 0.294. The van der Waals surface area contributed by atoms with E-state index in [4.69, 9.17) is 16.3 Å². The summed E-state index contributed by atoms with van der Waals surface area (Å²) in [4.78, 5) is 0. The number of hydrogen-bond acceptors (Lipinski definition) is 5. The van der Waals surface area contributed by atoms with Gasteiger partial charge in [-0.1, -0.05) is 23.7 Å². The second kappa shape index (κ2) is 7.46. The molecule has 140 valence electrons. The van der Waals surface area contributed by atoms with Crippen molar-refractivity contribution in [2.45, 2.75) is 18.3 Å². The normalized spacial score (nSPS) is 19.2. The predicted octanol–water partition coefficient (Wildman–Crippen LogP) is 2.85. The third kappa shape index (κ3) is 4.90. The van der Waals surface area contributed by atoms with E-state index in [1.54, 1.807) is 36.4 Å². The van der Waals surface area contributed by atoms with Crippen LogP contribution in [0.5, 0.6) is 5.75 Å². The van der Waals surface area contributed by atoms with Crippen LogP contribution in [0.15, 0.2) is 48.5 Å². The lowest BCUT2D eigenvalue weighted by Crippen LogP contribution is -2.28. The molecular weight excluding hydrogens is 398 g/mol. The van der Waals surface area contributed by atoms with Crippen molar-refractivity contribution in [1.29, 1.82) is 0 Å². The van der Waals surface area contributed by atoms with E-state index in [0.717, 1.165) is 5.56 Å². The zero-order valence-corrected chi connectivity index (χ0v) is 16.1. The lowest BCUT2D eigenvalue weighted by Gasteiger charge is -2.13. The van der Waals surface area contributed by atoms with E-state index in [-0.39, 0.29) is 17.9 Å². The van der Waals surface area contributed by atoms with E-state index in [1.807, 2.05) is 12.1 Å². The van der Waals surface area contributed by atoms with Crippen molar-refractivity contribution in [1.82, 2.24) is 0 Å². The minimum Gasteiger partial charge on any atom is -0.489 e.